The highest BCUT2D eigenvalue weighted by atomic mass is 16.1. The van der Waals surface area contributed by atoms with Crippen LogP contribution in [0, 0.1) is 6.92 Å². The van der Waals surface area contributed by atoms with Crippen molar-refractivity contribution in [3.05, 3.63) is 53.7 Å². The van der Waals surface area contributed by atoms with E-state index in [-0.39, 0.29) is 5.91 Å². The molecule has 1 aliphatic rings. The van der Waals surface area contributed by atoms with E-state index in [1.807, 2.05) is 49.4 Å². The minimum absolute atomic E-state index is 0.0254. The number of likely N-dealkylation sites (tertiary alicyclic amines) is 1. The molecule has 1 aromatic heterocycles. The fraction of sp³-hybridized carbons (Fsp3) is 0.400. The molecule has 0 radical (unpaired) electrons. The van der Waals surface area contributed by atoms with Gasteiger partial charge in [0.05, 0.1) is 17.0 Å². The predicted molar refractivity (Wildman–Crippen MR) is 97.0 cm³/mol. The molecule has 4 nitrogen and oxygen atoms in total. The molecule has 0 aliphatic carbocycles. The van der Waals surface area contributed by atoms with Gasteiger partial charge in [0.2, 0.25) is 0 Å². The normalized spacial score (nSPS) is 17.8. The molecule has 0 spiro atoms. The van der Waals surface area contributed by atoms with E-state index in [1.54, 1.807) is 0 Å². The van der Waals surface area contributed by atoms with Crippen LogP contribution in [0.1, 0.15) is 35.8 Å². The number of amides is 1. The van der Waals surface area contributed by atoms with E-state index in [1.165, 1.54) is 6.42 Å². The monoisotopic (exact) mass is 323 g/mol. The Morgan fingerprint density at radius 2 is 2.04 bits per heavy atom. The number of hydrogen-bond donors (Lipinski definition) is 1. The van der Waals surface area contributed by atoms with E-state index in [4.69, 9.17) is 0 Å². The van der Waals surface area contributed by atoms with Crippen molar-refractivity contribution in [1.82, 2.24) is 15.2 Å². The highest BCUT2D eigenvalue weighted by Crippen LogP contribution is 2.19. The van der Waals surface area contributed by atoms with Crippen LogP contribution < -0.4 is 5.32 Å². The third-order valence-electron chi connectivity index (χ3n) is 4.80. The van der Waals surface area contributed by atoms with Gasteiger partial charge in [0.1, 0.15) is 0 Å². The first-order chi connectivity index (χ1) is 11.7. The summed E-state index contributed by atoms with van der Waals surface area (Å²) in [5.41, 5.74) is 3.40. The second-order valence-electron chi connectivity index (χ2n) is 6.33. The molecule has 0 bridgehead atoms. The van der Waals surface area contributed by atoms with Crippen LogP contribution in [0.25, 0.3) is 11.3 Å². The fourth-order valence-electron chi connectivity index (χ4n) is 3.42. The summed E-state index contributed by atoms with van der Waals surface area (Å²) in [5, 5.41) is 3.08. The molecule has 1 aromatic carbocycles. The molecular formula is C20H25N3O. The van der Waals surface area contributed by atoms with E-state index in [0.717, 1.165) is 36.5 Å². The molecule has 1 amide bonds. The zero-order valence-corrected chi connectivity index (χ0v) is 14.5. The Kier molecular flexibility index (Phi) is 5.26. The van der Waals surface area contributed by atoms with E-state index >= 15 is 0 Å². The topological polar surface area (TPSA) is 45.2 Å². The minimum Gasteiger partial charge on any atom is -0.350 e. The average Bonchev–Trinajstić information content (AvgIpc) is 3.08. The summed E-state index contributed by atoms with van der Waals surface area (Å²) in [5.74, 6) is -0.0254. The maximum atomic E-state index is 12.5. The van der Waals surface area contributed by atoms with Gasteiger partial charge in [0.25, 0.3) is 5.91 Å². The van der Waals surface area contributed by atoms with Gasteiger partial charge in [0.15, 0.2) is 0 Å². The number of carbonyl (C=O) groups excluding carboxylic acids is 1. The first-order valence-electron chi connectivity index (χ1n) is 8.74. The van der Waals surface area contributed by atoms with Crippen LogP contribution in [-0.2, 0) is 0 Å². The number of aryl methyl sites for hydroxylation is 1. The second kappa shape index (κ2) is 7.58. The molecule has 3 rings (SSSR count). The summed E-state index contributed by atoms with van der Waals surface area (Å²) < 4.78 is 0. The lowest BCUT2D eigenvalue weighted by Gasteiger charge is -2.23. The highest BCUT2D eigenvalue weighted by Gasteiger charge is 2.23. The molecular weight excluding hydrogens is 298 g/mol. The SMILES string of the molecule is CCN1CCCC1CNC(=O)c1ccc(-c2ccccc2)nc1C. The van der Waals surface area contributed by atoms with E-state index in [0.29, 0.717) is 18.2 Å². The van der Waals surface area contributed by atoms with Crippen LogP contribution in [0.5, 0.6) is 0 Å². The summed E-state index contributed by atoms with van der Waals surface area (Å²) in [6.07, 6.45) is 2.39. The van der Waals surface area contributed by atoms with Gasteiger partial charge in [-0.3, -0.25) is 14.7 Å². The van der Waals surface area contributed by atoms with Crippen molar-refractivity contribution < 1.29 is 4.79 Å². The van der Waals surface area contributed by atoms with Crippen molar-refractivity contribution in [3.63, 3.8) is 0 Å². The van der Waals surface area contributed by atoms with Gasteiger partial charge < -0.3 is 5.32 Å². The van der Waals surface area contributed by atoms with Crippen molar-refractivity contribution in [1.29, 1.82) is 0 Å². The van der Waals surface area contributed by atoms with Gasteiger partial charge in [-0.15, -0.1) is 0 Å². The largest absolute Gasteiger partial charge is 0.350 e. The number of hydrogen-bond acceptors (Lipinski definition) is 3. The lowest BCUT2D eigenvalue weighted by Crippen LogP contribution is -2.40. The molecule has 126 valence electrons. The van der Waals surface area contributed by atoms with Crippen LogP contribution in [0.4, 0.5) is 0 Å². The van der Waals surface area contributed by atoms with Crippen molar-refractivity contribution in [2.75, 3.05) is 19.6 Å². The fourth-order valence-corrected chi connectivity index (χ4v) is 3.42. The first kappa shape index (κ1) is 16.7. The molecule has 4 heteroatoms. The van der Waals surface area contributed by atoms with Crippen LogP contribution in [0.2, 0.25) is 0 Å². The number of nitrogens with one attached hydrogen (secondary N) is 1. The molecule has 2 heterocycles. The molecule has 1 atom stereocenters. The Labute approximate surface area is 143 Å². The zero-order chi connectivity index (χ0) is 16.9. The van der Waals surface area contributed by atoms with Crippen LogP contribution in [-0.4, -0.2) is 41.5 Å². The van der Waals surface area contributed by atoms with Crippen molar-refractivity contribution in [3.8, 4) is 11.3 Å². The third-order valence-corrected chi connectivity index (χ3v) is 4.80. The Bertz CT molecular complexity index is 699. The number of benzene rings is 1. The quantitative estimate of drug-likeness (QED) is 0.918. The van der Waals surface area contributed by atoms with Gasteiger partial charge in [-0.05, 0) is 45.0 Å². The lowest BCUT2D eigenvalue weighted by atomic mass is 10.1. The molecule has 1 N–H and O–H groups in total. The van der Waals surface area contributed by atoms with Crippen LogP contribution in [0.3, 0.4) is 0 Å². The molecule has 1 aliphatic heterocycles. The van der Waals surface area contributed by atoms with Gasteiger partial charge in [0, 0.05) is 18.2 Å². The van der Waals surface area contributed by atoms with Gasteiger partial charge >= 0.3 is 0 Å². The lowest BCUT2D eigenvalue weighted by molar-refractivity contribution is 0.0940. The zero-order valence-electron chi connectivity index (χ0n) is 14.5. The summed E-state index contributed by atoms with van der Waals surface area (Å²) in [6, 6.07) is 14.3. The van der Waals surface area contributed by atoms with E-state index in [9.17, 15) is 4.79 Å². The molecule has 1 fully saturated rings. The molecule has 1 saturated heterocycles. The summed E-state index contributed by atoms with van der Waals surface area (Å²) >= 11 is 0. The Balaban J connectivity index is 1.67. The highest BCUT2D eigenvalue weighted by molar-refractivity contribution is 5.95. The summed E-state index contributed by atoms with van der Waals surface area (Å²) in [6.45, 7) is 6.98. The maximum Gasteiger partial charge on any atom is 0.253 e. The van der Waals surface area contributed by atoms with Gasteiger partial charge in [-0.25, -0.2) is 0 Å². The molecule has 0 saturated carbocycles. The smallest absolute Gasteiger partial charge is 0.253 e. The average molecular weight is 323 g/mol. The van der Waals surface area contributed by atoms with Crippen molar-refractivity contribution in [2.45, 2.75) is 32.7 Å². The first-order valence-corrected chi connectivity index (χ1v) is 8.74. The predicted octanol–water partition coefficient (Wildman–Crippen LogP) is 3.27. The number of aromatic nitrogens is 1. The van der Waals surface area contributed by atoms with Crippen molar-refractivity contribution >= 4 is 5.91 Å². The number of pyridine rings is 1. The number of carbonyl (C=O) groups is 1. The molecule has 2 aromatic rings. The Morgan fingerprint density at radius 3 is 2.75 bits per heavy atom. The Morgan fingerprint density at radius 1 is 1.25 bits per heavy atom. The maximum absolute atomic E-state index is 12.5. The van der Waals surface area contributed by atoms with Crippen LogP contribution in [0.15, 0.2) is 42.5 Å². The molecule has 24 heavy (non-hydrogen) atoms. The van der Waals surface area contributed by atoms with Crippen molar-refractivity contribution in [2.24, 2.45) is 0 Å². The summed E-state index contributed by atoms with van der Waals surface area (Å²) in [7, 11) is 0. The van der Waals surface area contributed by atoms with Gasteiger partial charge in [-0.1, -0.05) is 37.3 Å². The minimum atomic E-state index is -0.0254. The number of nitrogens with zero attached hydrogens (tertiary/aromatic N) is 2. The second-order valence-corrected chi connectivity index (χ2v) is 6.33. The number of rotatable bonds is 5. The van der Waals surface area contributed by atoms with E-state index in [2.05, 4.69) is 22.1 Å². The van der Waals surface area contributed by atoms with Gasteiger partial charge in [-0.2, -0.15) is 0 Å². The van der Waals surface area contributed by atoms with E-state index < -0.39 is 0 Å². The third kappa shape index (κ3) is 3.65. The number of likely N-dealkylation sites (N-methyl/N-ethyl adjacent to an activating group) is 1. The molecule has 1 unspecified atom stereocenters. The summed E-state index contributed by atoms with van der Waals surface area (Å²) in [4.78, 5) is 19.5. The Hall–Kier alpha value is -2.20. The standard InChI is InChI=1S/C20H25N3O/c1-3-23-13-7-10-17(23)14-21-20(24)18-11-12-19(22-15(18)2)16-8-5-4-6-9-16/h4-6,8-9,11-12,17H,3,7,10,13-14H2,1-2H3,(H,21,24). The van der Waals surface area contributed by atoms with Crippen LogP contribution >= 0.6 is 0 Å².